The van der Waals surface area contributed by atoms with Gasteiger partial charge < -0.3 is 14.5 Å². The molecule has 138 valence electrons. The molecule has 0 atom stereocenters. The normalized spacial score (nSPS) is 24.0. The quantitative estimate of drug-likeness (QED) is 0.834. The number of amides is 1. The number of likely N-dealkylation sites (N-methyl/N-ethyl adjacent to an activating group) is 1. The Morgan fingerprint density at radius 1 is 1.23 bits per heavy atom. The summed E-state index contributed by atoms with van der Waals surface area (Å²) in [5, 5.41) is 9.03. The van der Waals surface area contributed by atoms with Crippen molar-refractivity contribution in [1.29, 1.82) is 5.26 Å². The van der Waals surface area contributed by atoms with Crippen LogP contribution in [-0.2, 0) is 16.0 Å². The van der Waals surface area contributed by atoms with Crippen LogP contribution in [0.5, 0.6) is 0 Å². The summed E-state index contributed by atoms with van der Waals surface area (Å²) in [6.07, 6.45) is 4.74. The van der Waals surface area contributed by atoms with E-state index >= 15 is 0 Å². The first-order valence-electron chi connectivity index (χ1n) is 9.79. The Balaban J connectivity index is 1.34. The summed E-state index contributed by atoms with van der Waals surface area (Å²) >= 11 is 0. The number of benzene rings is 1. The molecule has 1 aromatic carbocycles. The van der Waals surface area contributed by atoms with Gasteiger partial charge in [-0.1, -0.05) is 12.1 Å². The van der Waals surface area contributed by atoms with Gasteiger partial charge in [0.1, 0.15) is 5.60 Å². The molecule has 2 aliphatic heterocycles. The van der Waals surface area contributed by atoms with Crippen molar-refractivity contribution in [3.05, 3.63) is 35.4 Å². The lowest BCUT2D eigenvalue weighted by atomic mass is 9.87. The van der Waals surface area contributed by atoms with Crippen molar-refractivity contribution in [3.63, 3.8) is 0 Å². The maximum absolute atomic E-state index is 12.5. The van der Waals surface area contributed by atoms with Crippen molar-refractivity contribution < 1.29 is 9.53 Å². The molecule has 2 spiro atoms. The third-order valence-electron chi connectivity index (χ3n) is 6.19. The zero-order chi connectivity index (χ0) is 18.2. The number of nitrogens with zero attached hydrogens (tertiary/aromatic N) is 3. The van der Waals surface area contributed by atoms with Crippen LogP contribution in [0.3, 0.4) is 0 Å². The van der Waals surface area contributed by atoms with Gasteiger partial charge in [-0.15, -0.1) is 0 Å². The minimum Gasteiger partial charge on any atom is -0.357 e. The van der Waals surface area contributed by atoms with Gasteiger partial charge in [-0.2, -0.15) is 5.26 Å². The summed E-state index contributed by atoms with van der Waals surface area (Å²) in [5.74, 6) is 0.213. The lowest BCUT2D eigenvalue weighted by Gasteiger charge is -2.50. The van der Waals surface area contributed by atoms with Crippen LogP contribution in [0.1, 0.15) is 43.7 Å². The molecule has 1 aromatic rings. The monoisotopic (exact) mass is 353 g/mol. The van der Waals surface area contributed by atoms with Gasteiger partial charge in [0, 0.05) is 32.7 Å². The van der Waals surface area contributed by atoms with Crippen molar-refractivity contribution >= 4 is 5.91 Å². The molecule has 0 unspecified atom stereocenters. The molecule has 2 heterocycles. The van der Waals surface area contributed by atoms with Crippen LogP contribution in [-0.4, -0.2) is 59.6 Å². The van der Waals surface area contributed by atoms with Gasteiger partial charge in [0.15, 0.2) is 0 Å². The van der Waals surface area contributed by atoms with Crippen LogP contribution in [0.25, 0.3) is 0 Å². The molecule has 3 aliphatic rings. The Labute approximate surface area is 155 Å². The van der Waals surface area contributed by atoms with E-state index in [2.05, 4.69) is 24.0 Å². The van der Waals surface area contributed by atoms with E-state index < -0.39 is 5.60 Å². The lowest BCUT2D eigenvalue weighted by molar-refractivity contribution is -0.200. The molecule has 2 saturated heterocycles. The summed E-state index contributed by atoms with van der Waals surface area (Å²) in [6, 6.07) is 10.1. The molecule has 3 fully saturated rings. The zero-order valence-corrected chi connectivity index (χ0v) is 15.5. The molecule has 5 nitrogen and oxygen atoms in total. The van der Waals surface area contributed by atoms with Gasteiger partial charge in [0.2, 0.25) is 0 Å². The number of nitriles is 1. The van der Waals surface area contributed by atoms with E-state index in [1.165, 1.54) is 5.56 Å². The Kier molecular flexibility index (Phi) is 4.50. The van der Waals surface area contributed by atoms with Crippen LogP contribution >= 0.6 is 0 Å². The first-order valence-corrected chi connectivity index (χ1v) is 9.79. The first-order chi connectivity index (χ1) is 12.6. The Morgan fingerprint density at radius 2 is 2.00 bits per heavy atom. The van der Waals surface area contributed by atoms with Crippen molar-refractivity contribution in [3.8, 4) is 6.07 Å². The predicted molar refractivity (Wildman–Crippen MR) is 98.6 cm³/mol. The Bertz CT molecular complexity index is 727. The standard InChI is InChI=1S/C21H27N3O2/c1-2-24-16-20(26-21(7-8-21)19(24)25)9-12-23(13-10-20)11-6-17-4-3-5-18(14-17)15-22/h3-5,14H,2,6-13,16H2,1H3. The van der Waals surface area contributed by atoms with Gasteiger partial charge in [-0.05, 0) is 56.7 Å². The molecular formula is C21H27N3O2. The Hall–Kier alpha value is -1.90. The van der Waals surface area contributed by atoms with Crippen LogP contribution in [0, 0.1) is 11.3 Å². The summed E-state index contributed by atoms with van der Waals surface area (Å²) < 4.78 is 6.45. The average molecular weight is 353 g/mol. The number of ether oxygens (including phenoxy) is 1. The number of rotatable bonds is 4. The second kappa shape index (κ2) is 6.68. The summed E-state index contributed by atoms with van der Waals surface area (Å²) in [5.41, 5.74) is 1.33. The van der Waals surface area contributed by atoms with Crippen molar-refractivity contribution in [2.45, 2.75) is 50.2 Å². The maximum Gasteiger partial charge on any atom is 0.254 e. The Morgan fingerprint density at radius 3 is 2.65 bits per heavy atom. The molecule has 26 heavy (non-hydrogen) atoms. The topological polar surface area (TPSA) is 56.6 Å². The number of hydrogen-bond acceptors (Lipinski definition) is 4. The third kappa shape index (κ3) is 3.24. The predicted octanol–water partition coefficient (Wildman–Crippen LogP) is 2.35. The maximum atomic E-state index is 12.5. The fraction of sp³-hybridized carbons (Fsp3) is 0.619. The van der Waals surface area contributed by atoms with E-state index in [1.54, 1.807) is 0 Å². The van der Waals surface area contributed by atoms with Crippen LogP contribution < -0.4 is 0 Å². The lowest BCUT2D eigenvalue weighted by Crippen LogP contribution is -2.62. The number of carbonyl (C=O) groups is 1. The summed E-state index contributed by atoms with van der Waals surface area (Å²) in [6.45, 7) is 6.64. The van der Waals surface area contributed by atoms with Crippen molar-refractivity contribution in [2.24, 2.45) is 0 Å². The fourth-order valence-electron chi connectivity index (χ4n) is 4.41. The molecule has 1 aliphatic carbocycles. The fourth-order valence-corrected chi connectivity index (χ4v) is 4.41. The minimum absolute atomic E-state index is 0.141. The second-order valence-corrected chi connectivity index (χ2v) is 8.00. The van der Waals surface area contributed by atoms with Gasteiger partial charge in [-0.25, -0.2) is 0 Å². The van der Waals surface area contributed by atoms with E-state index in [-0.39, 0.29) is 11.5 Å². The number of hydrogen-bond donors (Lipinski definition) is 0. The summed E-state index contributed by atoms with van der Waals surface area (Å²) in [4.78, 5) is 17.0. The zero-order valence-electron chi connectivity index (χ0n) is 15.5. The molecule has 1 amide bonds. The minimum atomic E-state index is -0.478. The third-order valence-corrected chi connectivity index (χ3v) is 6.19. The van der Waals surface area contributed by atoms with Gasteiger partial charge >= 0.3 is 0 Å². The van der Waals surface area contributed by atoms with Gasteiger partial charge in [0.05, 0.1) is 17.2 Å². The number of carbonyl (C=O) groups excluding carboxylic acids is 1. The van der Waals surface area contributed by atoms with Gasteiger partial charge in [0.25, 0.3) is 5.91 Å². The molecule has 5 heteroatoms. The van der Waals surface area contributed by atoms with E-state index in [1.807, 2.05) is 23.1 Å². The van der Waals surface area contributed by atoms with Crippen molar-refractivity contribution in [2.75, 3.05) is 32.7 Å². The van der Waals surface area contributed by atoms with Crippen LogP contribution in [0.4, 0.5) is 0 Å². The molecule has 0 bridgehead atoms. The van der Waals surface area contributed by atoms with Gasteiger partial charge in [-0.3, -0.25) is 4.79 Å². The second-order valence-electron chi connectivity index (χ2n) is 8.00. The highest BCUT2D eigenvalue weighted by atomic mass is 16.5. The smallest absolute Gasteiger partial charge is 0.254 e. The number of piperidine rings is 1. The first kappa shape index (κ1) is 17.5. The molecule has 0 radical (unpaired) electrons. The molecule has 0 N–H and O–H groups in total. The molecule has 4 rings (SSSR count). The average Bonchev–Trinajstić information content (AvgIpc) is 3.44. The molecule has 1 saturated carbocycles. The SMILES string of the molecule is CCN1CC2(CCN(CCc3cccc(C#N)c3)CC2)OC2(CC2)C1=O. The van der Waals surface area contributed by atoms with Crippen LogP contribution in [0.2, 0.25) is 0 Å². The van der Waals surface area contributed by atoms with E-state index in [4.69, 9.17) is 10.00 Å². The van der Waals surface area contributed by atoms with E-state index in [9.17, 15) is 4.79 Å². The molecular weight excluding hydrogens is 326 g/mol. The number of likely N-dealkylation sites (tertiary alicyclic amines) is 1. The van der Waals surface area contributed by atoms with Crippen LogP contribution in [0.15, 0.2) is 24.3 Å². The summed E-state index contributed by atoms with van der Waals surface area (Å²) in [7, 11) is 0. The van der Waals surface area contributed by atoms with E-state index in [0.717, 1.165) is 70.4 Å². The highest BCUT2D eigenvalue weighted by Crippen LogP contribution is 2.49. The van der Waals surface area contributed by atoms with Crippen molar-refractivity contribution in [1.82, 2.24) is 9.80 Å². The number of morpholine rings is 1. The largest absolute Gasteiger partial charge is 0.357 e. The highest BCUT2D eigenvalue weighted by molar-refractivity contribution is 5.89. The highest BCUT2D eigenvalue weighted by Gasteiger charge is 2.61. The van der Waals surface area contributed by atoms with E-state index in [0.29, 0.717) is 0 Å². The molecule has 0 aromatic heterocycles.